The van der Waals surface area contributed by atoms with Gasteiger partial charge in [-0.3, -0.25) is 4.79 Å². The molecule has 2 aromatic carbocycles. The molecule has 1 unspecified atom stereocenters. The van der Waals surface area contributed by atoms with E-state index in [0.717, 1.165) is 20.8 Å². The van der Waals surface area contributed by atoms with Gasteiger partial charge in [-0.2, -0.15) is 0 Å². The first-order chi connectivity index (χ1) is 12.6. The number of aromatic nitrogens is 1. The Morgan fingerprint density at radius 1 is 1.15 bits per heavy atom. The van der Waals surface area contributed by atoms with Crippen LogP contribution in [0.3, 0.4) is 0 Å². The summed E-state index contributed by atoms with van der Waals surface area (Å²) in [7, 11) is 3.20. The van der Waals surface area contributed by atoms with Crippen LogP contribution in [0, 0.1) is 0 Å². The Morgan fingerprint density at radius 3 is 2.65 bits per heavy atom. The molecule has 0 aliphatic heterocycles. The van der Waals surface area contributed by atoms with Crippen molar-refractivity contribution in [2.24, 2.45) is 0 Å². The highest BCUT2D eigenvalue weighted by molar-refractivity contribution is 7.18. The standard InChI is InChI=1S/C20H22N2O3S/c1-13(14-8-9-16(24-2)17(12-14)25-3)21-19(23)10-11-20-22-15-6-4-5-7-18(15)26-20/h4-9,12-13H,10-11H2,1-3H3,(H,21,23). The van der Waals surface area contributed by atoms with E-state index in [9.17, 15) is 4.79 Å². The first kappa shape index (κ1) is 18.2. The van der Waals surface area contributed by atoms with Gasteiger partial charge < -0.3 is 14.8 Å². The van der Waals surface area contributed by atoms with Crippen LogP contribution in [0.5, 0.6) is 11.5 Å². The normalized spacial score (nSPS) is 12.0. The number of amides is 1. The van der Waals surface area contributed by atoms with Crippen LogP contribution in [-0.2, 0) is 11.2 Å². The predicted octanol–water partition coefficient (Wildman–Crippen LogP) is 4.12. The first-order valence-corrected chi connectivity index (χ1v) is 9.28. The van der Waals surface area contributed by atoms with E-state index in [-0.39, 0.29) is 11.9 Å². The van der Waals surface area contributed by atoms with Gasteiger partial charge in [0.1, 0.15) is 0 Å². The average molecular weight is 370 g/mol. The maximum absolute atomic E-state index is 12.3. The molecule has 136 valence electrons. The summed E-state index contributed by atoms with van der Waals surface area (Å²) in [6, 6.07) is 13.6. The number of carbonyl (C=O) groups excluding carboxylic acids is 1. The summed E-state index contributed by atoms with van der Waals surface area (Å²) < 4.78 is 11.7. The summed E-state index contributed by atoms with van der Waals surface area (Å²) >= 11 is 1.64. The van der Waals surface area contributed by atoms with Gasteiger partial charge in [-0.15, -0.1) is 11.3 Å². The second-order valence-corrected chi connectivity index (χ2v) is 7.09. The summed E-state index contributed by atoms with van der Waals surface area (Å²) in [5, 5.41) is 4.02. The molecule has 0 saturated carbocycles. The van der Waals surface area contributed by atoms with Crippen LogP contribution in [0.4, 0.5) is 0 Å². The number of benzene rings is 2. The number of hydrogen-bond donors (Lipinski definition) is 1. The fourth-order valence-corrected chi connectivity index (χ4v) is 3.73. The molecule has 5 nitrogen and oxygen atoms in total. The SMILES string of the molecule is COc1ccc(C(C)NC(=O)CCc2nc3ccccc3s2)cc1OC. The Hall–Kier alpha value is -2.60. The molecule has 1 amide bonds. The summed E-state index contributed by atoms with van der Waals surface area (Å²) in [5.41, 5.74) is 1.96. The highest BCUT2D eigenvalue weighted by Gasteiger charge is 2.13. The maximum atomic E-state index is 12.3. The number of nitrogens with zero attached hydrogens (tertiary/aromatic N) is 1. The predicted molar refractivity (Wildman–Crippen MR) is 104 cm³/mol. The summed E-state index contributed by atoms with van der Waals surface area (Å²) in [6.07, 6.45) is 1.06. The number of carbonyl (C=O) groups is 1. The van der Waals surface area contributed by atoms with Crippen LogP contribution in [0.2, 0.25) is 0 Å². The Morgan fingerprint density at radius 2 is 1.92 bits per heavy atom. The smallest absolute Gasteiger partial charge is 0.220 e. The Kier molecular flexibility index (Phi) is 5.73. The number of rotatable bonds is 7. The summed E-state index contributed by atoms with van der Waals surface area (Å²) in [6.45, 7) is 1.96. The van der Waals surface area contributed by atoms with Gasteiger partial charge in [-0.05, 0) is 36.8 Å². The van der Waals surface area contributed by atoms with Crippen molar-refractivity contribution < 1.29 is 14.3 Å². The number of nitrogens with one attached hydrogen (secondary N) is 1. The fraction of sp³-hybridized carbons (Fsp3) is 0.300. The topological polar surface area (TPSA) is 60.5 Å². The second kappa shape index (κ2) is 8.19. The molecule has 3 rings (SSSR count). The Balaban J connectivity index is 1.58. The number of fused-ring (bicyclic) bond motifs is 1. The third kappa shape index (κ3) is 4.14. The molecule has 0 aliphatic rings. The van der Waals surface area contributed by atoms with Crippen molar-refractivity contribution in [1.82, 2.24) is 10.3 Å². The molecule has 1 N–H and O–H groups in total. The average Bonchev–Trinajstić information content (AvgIpc) is 3.08. The van der Waals surface area contributed by atoms with Crippen LogP contribution in [0.25, 0.3) is 10.2 Å². The largest absolute Gasteiger partial charge is 0.493 e. The van der Waals surface area contributed by atoms with Gasteiger partial charge >= 0.3 is 0 Å². The lowest BCUT2D eigenvalue weighted by Gasteiger charge is -2.16. The van der Waals surface area contributed by atoms with Crippen molar-refractivity contribution >= 4 is 27.5 Å². The molecular weight excluding hydrogens is 348 g/mol. The van der Waals surface area contributed by atoms with Gasteiger partial charge in [-0.25, -0.2) is 4.98 Å². The van der Waals surface area contributed by atoms with E-state index in [4.69, 9.17) is 9.47 Å². The van der Waals surface area contributed by atoms with E-state index in [2.05, 4.69) is 16.4 Å². The van der Waals surface area contributed by atoms with Crippen molar-refractivity contribution in [3.05, 3.63) is 53.0 Å². The third-order valence-electron chi connectivity index (χ3n) is 4.19. The molecule has 0 fully saturated rings. The first-order valence-electron chi connectivity index (χ1n) is 8.46. The van der Waals surface area contributed by atoms with E-state index in [0.29, 0.717) is 24.3 Å². The van der Waals surface area contributed by atoms with Gasteiger partial charge in [0.05, 0.1) is 35.5 Å². The van der Waals surface area contributed by atoms with Crippen LogP contribution in [-0.4, -0.2) is 25.1 Å². The zero-order valence-corrected chi connectivity index (χ0v) is 15.9. The number of hydrogen-bond acceptors (Lipinski definition) is 5. The second-order valence-electron chi connectivity index (χ2n) is 5.98. The van der Waals surface area contributed by atoms with E-state index >= 15 is 0 Å². The van der Waals surface area contributed by atoms with Gasteiger partial charge in [0.2, 0.25) is 5.91 Å². The molecule has 26 heavy (non-hydrogen) atoms. The summed E-state index contributed by atoms with van der Waals surface area (Å²) in [5.74, 6) is 1.33. The molecule has 3 aromatic rings. The van der Waals surface area contributed by atoms with E-state index in [1.807, 2.05) is 43.3 Å². The number of methoxy groups -OCH3 is 2. The minimum absolute atomic E-state index is 0.00606. The van der Waals surface area contributed by atoms with Crippen LogP contribution in [0.1, 0.15) is 30.0 Å². The van der Waals surface area contributed by atoms with Gasteiger partial charge in [0.25, 0.3) is 0 Å². The Labute approximate surface area is 157 Å². The van der Waals surface area contributed by atoms with Crippen LogP contribution in [0.15, 0.2) is 42.5 Å². The number of ether oxygens (including phenoxy) is 2. The molecule has 0 aliphatic carbocycles. The van der Waals surface area contributed by atoms with Gasteiger partial charge in [-0.1, -0.05) is 18.2 Å². The Bertz CT molecular complexity index is 874. The highest BCUT2D eigenvalue weighted by atomic mass is 32.1. The van der Waals surface area contributed by atoms with Crippen molar-refractivity contribution in [3.8, 4) is 11.5 Å². The fourth-order valence-electron chi connectivity index (χ4n) is 2.77. The van der Waals surface area contributed by atoms with Crippen molar-refractivity contribution in [2.45, 2.75) is 25.8 Å². The van der Waals surface area contributed by atoms with E-state index in [1.54, 1.807) is 25.6 Å². The number of aryl methyl sites for hydroxylation is 1. The number of para-hydroxylation sites is 1. The zero-order chi connectivity index (χ0) is 18.5. The molecule has 0 saturated heterocycles. The van der Waals surface area contributed by atoms with Gasteiger partial charge in [0, 0.05) is 12.8 Å². The number of thiazole rings is 1. The lowest BCUT2D eigenvalue weighted by Crippen LogP contribution is -2.26. The maximum Gasteiger partial charge on any atom is 0.220 e. The molecular formula is C20H22N2O3S. The van der Waals surface area contributed by atoms with E-state index < -0.39 is 0 Å². The zero-order valence-electron chi connectivity index (χ0n) is 15.1. The quantitative estimate of drug-likeness (QED) is 0.679. The lowest BCUT2D eigenvalue weighted by atomic mass is 10.1. The molecule has 1 atom stereocenters. The lowest BCUT2D eigenvalue weighted by molar-refractivity contribution is -0.121. The molecule has 1 heterocycles. The third-order valence-corrected chi connectivity index (χ3v) is 5.29. The molecule has 0 radical (unpaired) electrons. The minimum Gasteiger partial charge on any atom is -0.493 e. The van der Waals surface area contributed by atoms with Crippen molar-refractivity contribution in [2.75, 3.05) is 14.2 Å². The van der Waals surface area contributed by atoms with E-state index in [1.165, 1.54) is 0 Å². The minimum atomic E-state index is -0.113. The van der Waals surface area contributed by atoms with Crippen LogP contribution >= 0.6 is 11.3 Å². The monoisotopic (exact) mass is 370 g/mol. The van der Waals surface area contributed by atoms with Crippen molar-refractivity contribution in [1.29, 1.82) is 0 Å². The van der Waals surface area contributed by atoms with Crippen LogP contribution < -0.4 is 14.8 Å². The summed E-state index contributed by atoms with van der Waals surface area (Å²) in [4.78, 5) is 16.9. The molecule has 0 spiro atoms. The van der Waals surface area contributed by atoms with Crippen molar-refractivity contribution in [3.63, 3.8) is 0 Å². The molecule has 6 heteroatoms. The highest BCUT2D eigenvalue weighted by Crippen LogP contribution is 2.30. The molecule has 1 aromatic heterocycles. The molecule has 0 bridgehead atoms. The van der Waals surface area contributed by atoms with Gasteiger partial charge in [0.15, 0.2) is 11.5 Å².